The first kappa shape index (κ1) is 10.7. The van der Waals surface area contributed by atoms with Crippen LogP contribution in [-0.4, -0.2) is 20.6 Å². The number of hydrogen-bond acceptors (Lipinski definition) is 4. The monoisotopic (exact) mass is 233 g/mol. The molecule has 0 aliphatic carbocycles. The van der Waals surface area contributed by atoms with Crippen molar-refractivity contribution >= 4 is 17.6 Å². The van der Waals surface area contributed by atoms with Crippen molar-refractivity contribution in [3.8, 4) is 0 Å². The number of pyridine rings is 1. The highest BCUT2D eigenvalue weighted by Gasteiger charge is 2.03. The summed E-state index contributed by atoms with van der Waals surface area (Å²) in [4.78, 5) is 6.04. The van der Waals surface area contributed by atoms with Gasteiger partial charge in [0.2, 0.25) is 0 Å². The molecule has 2 aromatic rings. The van der Waals surface area contributed by atoms with Crippen molar-refractivity contribution < 1.29 is 0 Å². The predicted octanol–water partition coefficient (Wildman–Crippen LogP) is 1.25. The fourth-order valence-corrected chi connectivity index (χ4v) is 2.09. The molecule has 2 aromatic heterocycles. The summed E-state index contributed by atoms with van der Waals surface area (Å²) in [5.74, 6) is -0.0198. The second kappa shape index (κ2) is 4.36. The van der Waals surface area contributed by atoms with Gasteiger partial charge in [-0.1, -0.05) is 11.8 Å². The Morgan fingerprint density at radius 1 is 1.50 bits per heavy atom. The predicted molar refractivity (Wildman–Crippen MR) is 62.6 cm³/mol. The number of aryl methyl sites for hydroxylation is 1. The molecular formula is C10H11N5S. The molecule has 82 valence electrons. The van der Waals surface area contributed by atoms with Gasteiger partial charge in [0.15, 0.2) is 0 Å². The number of aromatic nitrogens is 3. The number of nitrogens with zero attached hydrogens (tertiary/aromatic N) is 3. The van der Waals surface area contributed by atoms with Gasteiger partial charge in [0.25, 0.3) is 0 Å². The lowest BCUT2D eigenvalue weighted by molar-refractivity contribution is 0.766. The first-order chi connectivity index (χ1) is 7.65. The maximum atomic E-state index is 7.31. The Hall–Kier alpha value is -1.82. The molecule has 0 radical (unpaired) electrons. The molecule has 16 heavy (non-hydrogen) atoms. The van der Waals surface area contributed by atoms with Crippen molar-refractivity contribution in [3.63, 3.8) is 0 Å². The van der Waals surface area contributed by atoms with Gasteiger partial charge in [-0.05, 0) is 12.1 Å². The molecule has 0 saturated heterocycles. The summed E-state index contributed by atoms with van der Waals surface area (Å²) in [6.07, 6.45) is 5.37. The van der Waals surface area contributed by atoms with E-state index >= 15 is 0 Å². The Kier molecular flexibility index (Phi) is 2.91. The molecule has 2 heterocycles. The highest BCUT2D eigenvalue weighted by atomic mass is 32.2. The fourth-order valence-electron chi connectivity index (χ4n) is 1.21. The Balaban J connectivity index is 2.21. The highest BCUT2D eigenvalue weighted by Crippen LogP contribution is 2.26. The third-order valence-corrected chi connectivity index (χ3v) is 2.86. The van der Waals surface area contributed by atoms with Gasteiger partial charge >= 0.3 is 0 Å². The van der Waals surface area contributed by atoms with Gasteiger partial charge in [0, 0.05) is 24.3 Å². The van der Waals surface area contributed by atoms with E-state index in [0.29, 0.717) is 5.69 Å². The SMILES string of the molecule is Cn1cc(Sc2ccnc(C(=N)N)c2)cn1. The Morgan fingerprint density at radius 3 is 2.94 bits per heavy atom. The minimum atomic E-state index is -0.0198. The minimum Gasteiger partial charge on any atom is -0.382 e. The first-order valence-electron chi connectivity index (χ1n) is 4.62. The largest absolute Gasteiger partial charge is 0.382 e. The normalized spacial score (nSPS) is 10.3. The average Bonchev–Trinajstić information content (AvgIpc) is 2.64. The van der Waals surface area contributed by atoms with Crippen LogP contribution in [0.1, 0.15) is 5.69 Å². The molecule has 0 amide bonds. The maximum absolute atomic E-state index is 7.31. The Labute approximate surface area is 97.2 Å². The van der Waals surface area contributed by atoms with E-state index < -0.39 is 0 Å². The van der Waals surface area contributed by atoms with E-state index in [9.17, 15) is 0 Å². The van der Waals surface area contributed by atoms with E-state index in [1.54, 1.807) is 34.9 Å². The molecule has 0 aliphatic rings. The van der Waals surface area contributed by atoms with Crippen LogP contribution in [0.2, 0.25) is 0 Å². The summed E-state index contributed by atoms with van der Waals surface area (Å²) < 4.78 is 1.75. The lowest BCUT2D eigenvalue weighted by atomic mass is 10.3. The van der Waals surface area contributed by atoms with Gasteiger partial charge in [-0.2, -0.15) is 5.10 Å². The van der Waals surface area contributed by atoms with Crippen molar-refractivity contribution in [1.82, 2.24) is 14.8 Å². The van der Waals surface area contributed by atoms with Gasteiger partial charge in [0.05, 0.1) is 11.1 Å². The molecule has 0 saturated carbocycles. The number of nitrogen functional groups attached to an aromatic ring is 1. The summed E-state index contributed by atoms with van der Waals surface area (Å²) in [6.45, 7) is 0. The number of amidine groups is 1. The summed E-state index contributed by atoms with van der Waals surface area (Å²) in [7, 11) is 1.87. The molecule has 0 aliphatic heterocycles. The van der Waals surface area contributed by atoms with Crippen LogP contribution in [0.5, 0.6) is 0 Å². The van der Waals surface area contributed by atoms with Crippen molar-refractivity contribution in [1.29, 1.82) is 5.41 Å². The smallest absolute Gasteiger partial charge is 0.141 e. The summed E-state index contributed by atoms with van der Waals surface area (Å²) in [5, 5.41) is 11.4. The third kappa shape index (κ3) is 2.40. The van der Waals surface area contributed by atoms with Gasteiger partial charge in [-0.3, -0.25) is 15.1 Å². The van der Waals surface area contributed by atoms with Crippen LogP contribution >= 0.6 is 11.8 Å². The maximum Gasteiger partial charge on any atom is 0.141 e. The van der Waals surface area contributed by atoms with Crippen LogP contribution in [0.15, 0.2) is 40.5 Å². The van der Waals surface area contributed by atoms with Crippen molar-refractivity contribution in [2.75, 3.05) is 0 Å². The topological polar surface area (TPSA) is 80.6 Å². The zero-order chi connectivity index (χ0) is 11.5. The van der Waals surface area contributed by atoms with Crippen LogP contribution in [0.25, 0.3) is 0 Å². The molecule has 0 bridgehead atoms. The number of nitrogens with two attached hydrogens (primary N) is 1. The first-order valence-corrected chi connectivity index (χ1v) is 5.44. The lowest BCUT2D eigenvalue weighted by Crippen LogP contribution is -2.12. The standard InChI is InChI=1S/C10H11N5S/c1-15-6-8(5-14-15)16-7-2-3-13-9(4-7)10(11)12/h2-6H,1H3,(H3,11,12). The average molecular weight is 233 g/mol. The zero-order valence-electron chi connectivity index (χ0n) is 8.71. The number of rotatable bonds is 3. The summed E-state index contributed by atoms with van der Waals surface area (Å²) in [6, 6.07) is 3.67. The molecule has 3 N–H and O–H groups in total. The molecule has 0 fully saturated rings. The van der Waals surface area contributed by atoms with Crippen molar-refractivity contribution in [2.45, 2.75) is 9.79 Å². The van der Waals surface area contributed by atoms with E-state index in [4.69, 9.17) is 11.1 Å². The highest BCUT2D eigenvalue weighted by molar-refractivity contribution is 7.99. The van der Waals surface area contributed by atoms with Gasteiger partial charge in [-0.25, -0.2) is 0 Å². The molecule has 2 rings (SSSR count). The fraction of sp³-hybridized carbons (Fsp3) is 0.100. The Morgan fingerprint density at radius 2 is 2.31 bits per heavy atom. The van der Waals surface area contributed by atoms with Gasteiger partial charge < -0.3 is 5.73 Å². The molecule has 0 unspecified atom stereocenters. The number of hydrogen-bond donors (Lipinski definition) is 2. The quantitative estimate of drug-likeness (QED) is 0.617. The van der Waals surface area contributed by atoms with Crippen LogP contribution in [-0.2, 0) is 7.05 Å². The molecular weight excluding hydrogens is 222 g/mol. The second-order valence-corrected chi connectivity index (χ2v) is 4.39. The van der Waals surface area contributed by atoms with E-state index in [1.165, 1.54) is 0 Å². The third-order valence-electron chi connectivity index (χ3n) is 1.92. The second-order valence-electron chi connectivity index (χ2n) is 3.24. The molecule has 6 heteroatoms. The summed E-state index contributed by atoms with van der Waals surface area (Å²) >= 11 is 1.56. The zero-order valence-corrected chi connectivity index (χ0v) is 9.53. The molecule has 0 atom stereocenters. The van der Waals surface area contributed by atoms with E-state index in [-0.39, 0.29) is 5.84 Å². The van der Waals surface area contributed by atoms with Crippen molar-refractivity contribution in [3.05, 3.63) is 36.4 Å². The molecule has 0 spiro atoms. The molecule has 5 nitrogen and oxygen atoms in total. The van der Waals surface area contributed by atoms with E-state index in [0.717, 1.165) is 9.79 Å². The van der Waals surface area contributed by atoms with Crippen LogP contribution < -0.4 is 5.73 Å². The Bertz CT molecular complexity index is 519. The van der Waals surface area contributed by atoms with Crippen molar-refractivity contribution in [2.24, 2.45) is 12.8 Å². The van der Waals surface area contributed by atoms with E-state index in [2.05, 4.69) is 10.1 Å². The van der Waals surface area contributed by atoms with E-state index in [1.807, 2.05) is 19.3 Å². The van der Waals surface area contributed by atoms with Gasteiger partial charge in [-0.15, -0.1) is 0 Å². The van der Waals surface area contributed by atoms with Crippen LogP contribution in [0, 0.1) is 5.41 Å². The summed E-state index contributed by atoms with van der Waals surface area (Å²) in [5.41, 5.74) is 5.87. The molecule has 0 aromatic carbocycles. The van der Waals surface area contributed by atoms with Crippen LogP contribution in [0.3, 0.4) is 0 Å². The minimum absolute atomic E-state index is 0.0198. The number of nitrogens with one attached hydrogen (secondary N) is 1. The van der Waals surface area contributed by atoms with Crippen LogP contribution in [0.4, 0.5) is 0 Å². The lowest BCUT2D eigenvalue weighted by Gasteiger charge is -2.00. The van der Waals surface area contributed by atoms with Gasteiger partial charge in [0.1, 0.15) is 11.5 Å².